The van der Waals surface area contributed by atoms with Gasteiger partial charge in [0.25, 0.3) is 0 Å². The van der Waals surface area contributed by atoms with E-state index in [9.17, 15) is 4.79 Å². The van der Waals surface area contributed by atoms with Gasteiger partial charge in [0, 0.05) is 12.0 Å². The van der Waals surface area contributed by atoms with Gasteiger partial charge in [-0.05, 0) is 36.1 Å². The van der Waals surface area contributed by atoms with E-state index in [4.69, 9.17) is 9.84 Å². The second kappa shape index (κ2) is 6.23. The highest BCUT2D eigenvalue weighted by Crippen LogP contribution is 2.29. The fourth-order valence-electron chi connectivity index (χ4n) is 2.34. The number of aryl methyl sites for hydroxylation is 1. The van der Waals surface area contributed by atoms with Crippen LogP contribution in [0.15, 0.2) is 36.4 Å². The van der Waals surface area contributed by atoms with Crippen molar-refractivity contribution in [1.29, 1.82) is 0 Å². The van der Waals surface area contributed by atoms with Crippen LogP contribution in [0.25, 0.3) is 10.8 Å². The fraction of sp³-hybridized carbons (Fsp3) is 0.312. The highest BCUT2D eigenvalue weighted by atomic mass is 16.5. The molecule has 0 aliphatic carbocycles. The van der Waals surface area contributed by atoms with Crippen molar-refractivity contribution >= 4 is 16.7 Å². The summed E-state index contributed by atoms with van der Waals surface area (Å²) in [6, 6.07) is 12.2. The summed E-state index contributed by atoms with van der Waals surface area (Å²) >= 11 is 0. The van der Waals surface area contributed by atoms with Gasteiger partial charge in [0.2, 0.25) is 0 Å². The molecule has 0 aromatic heterocycles. The van der Waals surface area contributed by atoms with Crippen molar-refractivity contribution in [2.24, 2.45) is 0 Å². The average Bonchev–Trinajstić information content (AvgIpc) is 2.43. The fourth-order valence-corrected chi connectivity index (χ4v) is 2.34. The molecule has 0 aliphatic rings. The summed E-state index contributed by atoms with van der Waals surface area (Å²) in [7, 11) is 1.67. The molecular formula is C16H18O3. The Morgan fingerprint density at radius 1 is 1.16 bits per heavy atom. The number of hydrogen-bond acceptors (Lipinski definition) is 2. The molecule has 0 aliphatic heterocycles. The lowest BCUT2D eigenvalue weighted by molar-refractivity contribution is -0.137. The number of aliphatic carboxylic acids is 1. The number of carboxylic acids is 1. The summed E-state index contributed by atoms with van der Waals surface area (Å²) in [6.07, 6.45) is 2.63. The molecular weight excluding hydrogens is 240 g/mol. The maximum Gasteiger partial charge on any atom is 0.303 e. The number of ether oxygens (including phenoxy) is 1. The van der Waals surface area contributed by atoms with E-state index in [2.05, 4.69) is 18.2 Å². The van der Waals surface area contributed by atoms with Crippen molar-refractivity contribution in [2.75, 3.05) is 7.11 Å². The van der Waals surface area contributed by atoms with Crippen molar-refractivity contribution in [2.45, 2.75) is 25.7 Å². The Morgan fingerprint density at radius 3 is 2.68 bits per heavy atom. The third-order valence-electron chi connectivity index (χ3n) is 3.28. The van der Waals surface area contributed by atoms with E-state index >= 15 is 0 Å². The van der Waals surface area contributed by atoms with Gasteiger partial charge in [-0.15, -0.1) is 0 Å². The Balaban J connectivity index is 2.21. The van der Waals surface area contributed by atoms with Gasteiger partial charge in [0.15, 0.2) is 0 Å². The molecule has 0 bridgehead atoms. The van der Waals surface area contributed by atoms with Crippen LogP contribution >= 0.6 is 0 Å². The number of methoxy groups -OCH3 is 1. The molecule has 3 nitrogen and oxygen atoms in total. The molecule has 2 aromatic rings. The average molecular weight is 258 g/mol. The lowest BCUT2D eigenvalue weighted by atomic mass is 9.98. The molecule has 1 N–H and O–H groups in total. The molecule has 100 valence electrons. The smallest absolute Gasteiger partial charge is 0.303 e. The van der Waals surface area contributed by atoms with Crippen molar-refractivity contribution < 1.29 is 14.6 Å². The first-order chi connectivity index (χ1) is 9.22. The SMILES string of the molecule is COc1ccc2ccccc2c1CCCCC(=O)O. The minimum Gasteiger partial charge on any atom is -0.496 e. The molecule has 0 spiro atoms. The highest BCUT2D eigenvalue weighted by Gasteiger charge is 2.08. The van der Waals surface area contributed by atoms with Crippen LogP contribution in [-0.4, -0.2) is 18.2 Å². The molecule has 0 saturated heterocycles. The third-order valence-corrected chi connectivity index (χ3v) is 3.28. The maximum atomic E-state index is 10.5. The molecule has 19 heavy (non-hydrogen) atoms. The van der Waals surface area contributed by atoms with Crippen molar-refractivity contribution in [3.05, 3.63) is 42.0 Å². The van der Waals surface area contributed by atoms with Crippen LogP contribution in [0.3, 0.4) is 0 Å². The molecule has 0 atom stereocenters. The maximum absolute atomic E-state index is 10.5. The van der Waals surface area contributed by atoms with Crippen molar-refractivity contribution in [1.82, 2.24) is 0 Å². The zero-order chi connectivity index (χ0) is 13.7. The number of hydrogen-bond donors (Lipinski definition) is 1. The molecule has 0 fully saturated rings. The molecule has 0 amide bonds. The lowest BCUT2D eigenvalue weighted by Gasteiger charge is -2.11. The van der Waals surface area contributed by atoms with Gasteiger partial charge in [0.05, 0.1) is 7.11 Å². The number of rotatable bonds is 6. The monoisotopic (exact) mass is 258 g/mol. The summed E-state index contributed by atoms with van der Waals surface area (Å²) in [5.41, 5.74) is 1.17. The van der Waals surface area contributed by atoms with E-state index in [0.717, 1.165) is 18.6 Å². The number of fused-ring (bicyclic) bond motifs is 1. The molecule has 2 aromatic carbocycles. The number of carbonyl (C=O) groups is 1. The lowest BCUT2D eigenvalue weighted by Crippen LogP contribution is -1.97. The third kappa shape index (κ3) is 3.25. The highest BCUT2D eigenvalue weighted by molar-refractivity contribution is 5.87. The molecule has 0 unspecified atom stereocenters. The van der Waals surface area contributed by atoms with Crippen LogP contribution in [0, 0.1) is 0 Å². The predicted molar refractivity (Wildman–Crippen MR) is 75.7 cm³/mol. The Kier molecular flexibility index (Phi) is 4.39. The molecule has 0 heterocycles. The van der Waals surface area contributed by atoms with Gasteiger partial charge in [-0.3, -0.25) is 4.79 Å². The van der Waals surface area contributed by atoms with Crippen LogP contribution < -0.4 is 4.74 Å². The first kappa shape index (κ1) is 13.4. The zero-order valence-corrected chi connectivity index (χ0v) is 11.1. The predicted octanol–water partition coefficient (Wildman–Crippen LogP) is 3.65. The van der Waals surface area contributed by atoms with E-state index in [0.29, 0.717) is 6.42 Å². The minimum absolute atomic E-state index is 0.229. The zero-order valence-electron chi connectivity index (χ0n) is 11.1. The van der Waals surface area contributed by atoms with Gasteiger partial charge in [-0.2, -0.15) is 0 Å². The Labute approximate surface area is 112 Å². The molecule has 0 saturated carbocycles. The topological polar surface area (TPSA) is 46.5 Å². The Hall–Kier alpha value is -2.03. The molecule has 0 radical (unpaired) electrons. The van der Waals surface area contributed by atoms with Crippen molar-refractivity contribution in [3.8, 4) is 5.75 Å². The first-order valence-electron chi connectivity index (χ1n) is 6.49. The van der Waals surface area contributed by atoms with E-state index in [1.54, 1.807) is 7.11 Å². The largest absolute Gasteiger partial charge is 0.496 e. The van der Waals surface area contributed by atoms with E-state index in [1.807, 2.05) is 18.2 Å². The van der Waals surface area contributed by atoms with Gasteiger partial charge in [0.1, 0.15) is 5.75 Å². The van der Waals surface area contributed by atoms with Gasteiger partial charge in [-0.1, -0.05) is 30.3 Å². The van der Waals surface area contributed by atoms with Crippen LogP contribution in [0.4, 0.5) is 0 Å². The Bertz CT molecular complexity index is 575. The van der Waals surface area contributed by atoms with E-state index < -0.39 is 5.97 Å². The van der Waals surface area contributed by atoms with Gasteiger partial charge < -0.3 is 9.84 Å². The van der Waals surface area contributed by atoms with Crippen LogP contribution in [0.5, 0.6) is 5.75 Å². The number of benzene rings is 2. The van der Waals surface area contributed by atoms with E-state index in [-0.39, 0.29) is 6.42 Å². The van der Waals surface area contributed by atoms with Gasteiger partial charge >= 0.3 is 5.97 Å². The summed E-state index contributed by atoms with van der Waals surface area (Å²) in [5, 5.41) is 11.0. The second-order valence-electron chi connectivity index (χ2n) is 4.57. The summed E-state index contributed by atoms with van der Waals surface area (Å²) in [5.74, 6) is 0.152. The number of unbranched alkanes of at least 4 members (excludes halogenated alkanes) is 1. The summed E-state index contributed by atoms with van der Waals surface area (Å²) in [4.78, 5) is 10.5. The second-order valence-corrected chi connectivity index (χ2v) is 4.57. The normalized spacial score (nSPS) is 10.6. The van der Waals surface area contributed by atoms with Crippen LogP contribution in [-0.2, 0) is 11.2 Å². The number of carboxylic acid groups (broad SMARTS) is 1. The van der Waals surface area contributed by atoms with Crippen LogP contribution in [0.2, 0.25) is 0 Å². The standard InChI is InChI=1S/C16H18O3/c1-19-15-11-10-12-6-2-3-7-13(12)14(15)8-4-5-9-16(17)18/h2-3,6-7,10-11H,4-5,8-9H2,1H3,(H,17,18). The first-order valence-corrected chi connectivity index (χ1v) is 6.49. The molecule has 3 heteroatoms. The Morgan fingerprint density at radius 2 is 1.95 bits per heavy atom. The summed E-state index contributed by atoms with van der Waals surface area (Å²) < 4.78 is 5.42. The van der Waals surface area contributed by atoms with Gasteiger partial charge in [-0.25, -0.2) is 0 Å². The van der Waals surface area contributed by atoms with Crippen LogP contribution in [0.1, 0.15) is 24.8 Å². The van der Waals surface area contributed by atoms with Crippen molar-refractivity contribution in [3.63, 3.8) is 0 Å². The quantitative estimate of drug-likeness (QED) is 0.804. The minimum atomic E-state index is -0.732. The van der Waals surface area contributed by atoms with E-state index in [1.165, 1.54) is 16.3 Å². The molecule has 2 rings (SSSR count). The summed E-state index contributed by atoms with van der Waals surface area (Å²) in [6.45, 7) is 0.